The zero-order chi connectivity index (χ0) is 20.0. The first-order valence-corrected chi connectivity index (χ1v) is 10.5. The van der Waals surface area contributed by atoms with Gasteiger partial charge in [-0.1, -0.05) is 43.2 Å². The Morgan fingerprint density at radius 2 is 1.77 bits per heavy atom. The van der Waals surface area contributed by atoms with Crippen LogP contribution in [0.3, 0.4) is 0 Å². The van der Waals surface area contributed by atoms with Gasteiger partial charge in [0, 0.05) is 36.7 Å². The number of likely N-dealkylation sites (tertiary alicyclic amines) is 1. The van der Waals surface area contributed by atoms with Gasteiger partial charge in [-0.3, -0.25) is 9.36 Å². The molecule has 1 aliphatic heterocycles. The topological polar surface area (TPSA) is 84.1 Å². The lowest BCUT2D eigenvalue weighted by molar-refractivity contribution is 0.0789. The third kappa shape index (κ3) is 3.55. The molecule has 1 saturated carbocycles. The van der Waals surface area contributed by atoms with E-state index in [9.17, 15) is 9.59 Å². The molecule has 0 spiro atoms. The predicted molar refractivity (Wildman–Crippen MR) is 120 cm³/mol. The van der Waals surface area contributed by atoms with Crippen molar-refractivity contribution in [3.05, 3.63) is 70.1 Å². The second-order valence-electron chi connectivity index (χ2n) is 8.36. The van der Waals surface area contributed by atoms with Gasteiger partial charge in [0.25, 0.3) is 5.91 Å². The molecular weight excluding hydrogens is 400 g/mol. The Bertz CT molecular complexity index is 1100. The van der Waals surface area contributed by atoms with Crippen molar-refractivity contribution in [3.63, 3.8) is 0 Å². The van der Waals surface area contributed by atoms with Gasteiger partial charge in [-0.15, -0.1) is 12.4 Å². The second kappa shape index (κ2) is 8.28. The Morgan fingerprint density at radius 1 is 1.03 bits per heavy atom. The molecule has 0 bridgehead atoms. The zero-order valence-electron chi connectivity index (χ0n) is 16.8. The monoisotopic (exact) mass is 426 g/mol. The van der Waals surface area contributed by atoms with Gasteiger partial charge in [-0.25, -0.2) is 4.79 Å². The summed E-state index contributed by atoms with van der Waals surface area (Å²) in [6.45, 7) is 1.15. The lowest BCUT2D eigenvalue weighted by Gasteiger charge is -2.17. The number of fused-ring (bicyclic) bond motifs is 1. The number of hydrogen-bond acceptors (Lipinski definition) is 3. The Kier molecular flexibility index (Phi) is 5.71. The Morgan fingerprint density at radius 3 is 2.50 bits per heavy atom. The molecule has 7 heteroatoms. The molecule has 1 aliphatic carbocycles. The van der Waals surface area contributed by atoms with Gasteiger partial charge >= 0.3 is 5.69 Å². The third-order valence-corrected chi connectivity index (χ3v) is 6.53. The van der Waals surface area contributed by atoms with Gasteiger partial charge in [-0.2, -0.15) is 0 Å². The highest BCUT2D eigenvalue weighted by Gasteiger charge is 2.34. The van der Waals surface area contributed by atoms with E-state index in [4.69, 9.17) is 5.73 Å². The average molecular weight is 427 g/mol. The maximum Gasteiger partial charge on any atom is 0.326 e. The summed E-state index contributed by atoms with van der Waals surface area (Å²) in [5.74, 6) is 0.113. The fraction of sp³-hybridized carbons (Fsp3) is 0.391. The Hall–Kier alpha value is -2.57. The van der Waals surface area contributed by atoms with Gasteiger partial charge < -0.3 is 15.6 Å². The number of carbonyl (C=O) groups is 1. The third-order valence-electron chi connectivity index (χ3n) is 6.53. The molecule has 3 N–H and O–H groups in total. The molecule has 6 nitrogen and oxygen atoms in total. The summed E-state index contributed by atoms with van der Waals surface area (Å²) in [5, 5.41) is 0. The summed E-state index contributed by atoms with van der Waals surface area (Å²) < 4.78 is 1.87. The molecule has 2 fully saturated rings. The number of amides is 1. The van der Waals surface area contributed by atoms with Gasteiger partial charge in [0.1, 0.15) is 0 Å². The smallest absolute Gasteiger partial charge is 0.326 e. The summed E-state index contributed by atoms with van der Waals surface area (Å²) in [5.41, 5.74) is 9.66. The van der Waals surface area contributed by atoms with Crippen LogP contribution >= 0.6 is 12.4 Å². The molecule has 0 unspecified atom stereocenters. The summed E-state index contributed by atoms with van der Waals surface area (Å²) >= 11 is 0. The zero-order valence-corrected chi connectivity index (χ0v) is 17.6. The van der Waals surface area contributed by atoms with Crippen molar-refractivity contribution >= 4 is 29.3 Å². The fourth-order valence-corrected chi connectivity index (χ4v) is 5.02. The molecule has 1 saturated heterocycles. The molecule has 1 amide bonds. The highest BCUT2D eigenvalue weighted by atomic mass is 35.5. The Labute approximate surface area is 181 Å². The van der Waals surface area contributed by atoms with Crippen LogP contribution in [0.15, 0.2) is 53.3 Å². The van der Waals surface area contributed by atoms with Crippen LogP contribution in [0.4, 0.5) is 0 Å². The van der Waals surface area contributed by atoms with E-state index in [1.165, 1.54) is 5.56 Å². The lowest BCUT2D eigenvalue weighted by atomic mass is 9.95. The number of hydrogen-bond donors (Lipinski definition) is 2. The number of carbonyl (C=O) groups excluding carboxylic acids is 1. The minimum absolute atomic E-state index is 0. The first-order chi connectivity index (χ1) is 14.1. The molecule has 158 valence electrons. The number of nitrogens with two attached hydrogens (primary N) is 1. The van der Waals surface area contributed by atoms with E-state index in [0.29, 0.717) is 18.7 Å². The molecule has 5 rings (SSSR count). The number of imidazole rings is 1. The van der Waals surface area contributed by atoms with E-state index in [1.54, 1.807) is 0 Å². The lowest BCUT2D eigenvalue weighted by Crippen LogP contribution is -2.32. The molecular formula is C23H27ClN4O2. The SMILES string of the molecule is Cl.N[C@@H]1CN(C(=O)c2ccc3c(c2)[nH]c(=O)n3C2CCCC2)C[C@H]1c1ccccc1. The molecule has 2 atom stereocenters. The number of H-pyrrole nitrogens is 1. The highest BCUT2D eigenvalue weighted by Crippen LogP contribution is 2.31. The van der Waals surface area contributed by atoms with Crippen molar-refractivity contribution in [2.75, 3.05) is 13.1 Å². The second-order valence-corrected chi connectivity index (χ2v) is 8.36. The number of aromatic amines is 1. The van der Waals surface area contributed by atoms with Crippen LogP contribution < -0.4 is 11.4 Å². The van der Waals surface area contributed by atoms with Crippen LogP contribution in [0.25, 0.3) is 11.0 Å². The van der Waals surface area contributed by atoms with E-state index >= 15 is 0 Å². The quantitative estimate of drug-likeness (QED) is 0.672. The van der Waals surface area contributed by atoms with Crippen molar-refractivity contribution in [1.29, 1.82) is 0 Å². The minimum atomic E-state index is -0.0798. The molecule has 2 heterocycles. The largest absolute Gasteiger partial charge is 0.336 e. The number of benzene rings is 2. The van der Waals surface area contributed by atoms with Gasteiger partial charge in [0.2, 0.25) is 0 Å². The Balaban J connectivity index is 0.00000218. The molecule has 30 heavy (non-hydrogen) atoms. The van der Waals surface area contributed by atoms with Crippen LogP contribution in [0.5, 0.6) is 0 Å². The van der Waals surface area contributed by atoms with Gasteiger partial charge in [0.05, 0.1) is 11.0 Å². The fourth-order valence-electron chi connectivity index (χ4n) is 5.02. The van der Waals surface area contributed by atoms with Crippen LogP contribution in [0.2, 0.25) is 0 Å². The van der Waals surface area contributed by atoms with Crippen LogP contribution in [0, 0.1) is 0 Å². The number of nitrogens with one attached hydrogen (secondary N) is 1. The van der Waals surface area contributed by atoms with Crippen molar-refractivity contribution < 1.29 is 4.79 Å². The summed E-state index contributed by atoms with van der Waals surface area (Å²) in [7, 11) is 0. The molecule has 2 aliphatic rings. The summed E-state index contributed by atoms with van der Waals surface area (Å²) in [6, 6.07) is 15.9. The number of halogens is 1. The minimum Gasteiger partial charge on any atom is -0.336 e. The highest BCUT2D eigenvalue weighted by molar-refractivity contribution is 5.97. The first-order valence-electron chi connectivity index (χ1n) is 10.5. The van der Waals surface area contributed by atoms with Crippen molar-refractivity contribution in [2.45, 2.75) is 43.7 Å². The van der Waals surface area contributed by atoms with E-state index in [1.807, 2.05) is 45.9 Å². The molecule has 1 aromatic heterocycles. The molecule has 0 radical (unpaired) electrons. The van der Waals surface area contributed by atoms with E-state index in [-0.39, 0.29) is 42.0 Å². The number of rotatable bonds is 3. The summed E-state index contributed by atoms with van der Waals surface area (Å²) in [4.78, 5) is 30.4. The van der Waals surface area contributed by atoms with Gasteiger partial charge in [0.15, 0.2) is 0 Å². The van der Waals surface area contributed by atoms with Crippen molar-refractivity contribution in [1.82, 2.24) is 14.5 Å². The predicted octanol–water partition coefficient (Wildman–Crippen LogP) is 3.43. The molecule has 2 aromatic carbocycles. The first kappa shape index (κ1) is 20.7. The van der Waals surface area contributed by atoms with Crippen LogP contribution in [-0.4, -0.2) is 39.5 Å². The standard InChI is InChI=1S/C23H26N4O2.ClH/c24-19-14-26(13-18(19)15-6-2-1-3-7-15)22(28)16-10-11-21-20(12-16)25-23(29)27(21)17-8-4-5-9-17;/h1-3,6-7,10-12,17-19H,4-5,8-9,13-14,24H2,(H,25,29);1H/t18-,19+;/m0./s1. The van der Waals surface area contributed by atoms with Crippen LogP contribution in [-0.2, 0) is 0 Å². The summed E-state index contributed by atoms with van der Waals surface area (Å²) in [6.07, 6.45) is 4.41. The van der Waals surface area contributed by atoms with Gasteiger partial charge in [-0.05, 0) is 36.6 Å². The maximum absolute atomic E-state index is 13.1. The van der Waals surface area contributed by atoms with E-state index in [0.717, 1.165) is 36.7 Å². The maximum atomic E-state index is 13.1. The average Bonchev–Trinajstić information content (AvgIpc) is 3.45. The van der Waals surface area contributed by atoms with Crippen LogP contribution in [0.1, 0.15) is 53.6 Å². The normalized spacial score (nSPS) is 21.8. The van der Waals surface area contributed by atoms with Crippen molar-refractivity contribution in [3.8, 4) is 0 Å². The van der Waals surface area contributed by atoms with E-state index in [2.05, 4.69) is 17.1 Å². The van der Waals surface area contributed by atoms with Crippen molar-refractivity contribution in [2.24, 2.45) is 5.73 Å². The number of aromatic nitrogens is 2. The number of nitrogens with zero attached hydrogens (tertiary/aromatic N) is 2. The molecule has 3 aromatic rings. The van der Waals surface area contributed by atoms with E-state index < -0.39 is 0 Å².